The number of nitrogens with zero attached hydrogens (tertiary/aromatic N) is 1. The number of rotatable bonds is 2. The van der Waals surface area contributed by atoms with Crippen molar-refractivity contribution in [1.29, 1.82) is 0 Å². The predicted molar refractivity (Wildman–Crippen MR) is 104 cm³/mol. The van der Waals surface area contributed by atoms with Gasteiger partial charge in [0, 0.05) is 22.8 Å². The minimum Gasteiger partial charge on any atom is -0.381 e. The summed E-state index contributed by atoms with van der Waals surface area (Å²) in [5, 5.41) is 3.69. The molecule has 0 bridgehead atoms. The van der Waals surface area contributed by atoms with Crippen molar-refractivity contribution in [2.45, 2.75) is 62.8 Å². The molecule has 0 radical (unpaired) electrons. The van der Waals surface area contributed by atoms with E-state index in [9.17, 15) is 4.21 Å². The molecule has 1 aliphatic heterocycles. The van der Waals surface area contributed by atoms with Crippen molar-refractivity contribution in [2.75, 3.05) is 12.4 Å². The molecular formula is C18H25BrN2O2S. The van der Waals surface area contributed by atoms with Gasteiger partial charge in [-0.05, 0) is 64.7 Å². The van der Waals surface area contributed by atoms with Crippen molar-refractivity contribution < 1.29 is 8.95 Å². The summed E-state index contributed by atoms with van der Waals surface area (Å²) in [5.74, 6) is 0. The van der Waals surface area contributed by atoms with Gasteiger partial charge < -0.3 is 10.1 Å². The fraction of sp³-hybridized carbons (Fsp3) is 0.611. The van der Waals surface area contributed by atoms with E-state index in [0.29, 0.717) is 6.10 Å². The summed E-state index contributed by atoms with van der Waals surface area (Å²) in [6, 6.07) is 6.19. The van der Waals surface area contributed by atoms with Crippen LogP contribution < -0.4 is 5.32 Å². The van der Waals surface area contributed by atoms with Gasteiger partial charge in [0.05, 0.1) is 22.1 Å². The molecule has 1 aliphatic carbocycles. The van der Waals surface area contributed by atoms with E-state index < -0.39 is 11.0 Å². The molecule has 1 saturated carbocycles. The maximum absolute atomic E-state index is 12.7. The smallest absolute Gasteiger partial charge is 0.145 e. The standard InChI is InChI=1S/C18H25BrN2O2S/c1-17(2,3)24(22)21-16-14-11-12(19)5-6-15(14)20-18(16)9-7-13(23-4)8-10-18/h5-6,11,13,20H,7-10H2,1-4H3. The van der Waals surface area contributed by atoms with Gasteiger partial charge in [0.25, 0.3) is 0 Å². The van der Waals surface area contributed by atoms with Crippen LogP contribution in [0.5, 0.6) is 0 Å². The summed E-state index contributed by atoms with van der Waals surface area (Å²) in [6.07, 6.45) is 4.16. The van der Waals surface area contributed by atoms with Crippen LogP contribution in [0.2, 0.25) is 0 Å². The van der Waals surface area contributed by atoms with Crippen LogP contribution in [0.15, 0.2) is 27.1 Å². The SMILES string of the molecule is COC1CCC2(CC1)Nc1ccc(Br)cc1C2=NS(=O)C(C)(C)C. The van der Waals surface area contributed by atoms with Crippen LogP contribution in [0.4, 0.5) is 5.69 Å². The van der Waals surface area contributed by atoms with Gasteiger partial charge in [-0.2, -0.15) is 4.40 Å². The highest BCUT2D eigenvalue weighted by atomic mass is 79.9. The van der Waals surface area contributed by atoms with E-state index in [4.69, 9.17) is 9.13 Å². The van der Waals surface area contributed by atoms with E-state index in [0.717, 1.165) is 47.1 Å². The molecule has 1 aromatic carbocycles. The number of methoxy groups -OCH3 is 1. The highest BCUT2D eigenvalue weighted by Crippen LogP contribution is 2.43. The first-order chi connectivity index (χ1) is 11.2. The van der Waals surface area contributed by atoms with Crippen molar-refractivity contribution in [3.8, 4) is 0 Å². The highest BCUT2D eigenvalue weighted by Gasteiger charge is 2.46. The number of hydrogen-bond acceptors (Lipinski definition) is 3. The number of hydrogen-bond donors (Lipinski definition) is 1. The van der Waals surface area contributed by atoms with Crippen molar-refractivity contribution >= 4 is 38.3 Å². The largest absolute Gasteiger partial charge is 0.381 e. The van der Waals surface area contributed by atoms with Crippen molar-refractivity contribution in [2.24, 2.45) is 4.40 Å². The summed E-state index contributed by atoms with van der Waals surface area (Å²) >= 11 is 3.55. The molecule has 1 spiro atoms. The van der Waals surface area contributed by atoms with E-state index in [-0.39, 0.29) is 10.3 Å². The molecule has 1 aromatic rings. The summed E-state index contributed by atoms with van der Waals surface area (Å²) in [5.41, 5.74) is 2.87. The molecule has 0 amide bonds. The molecule has 24 heavy (non-hydrogen) atoms. The minimum absolute atomic E-state index is 0.223. The Morgan fingerprint density at radius 1 is 1.33 bits per heavy atom. The molecule has 1 atom stereocenters. The number of anilines is 1. The van der Waals surface area contributed by atoms with Gasteiger partial charge in [-0.15, -0.1) is 0 Å². The molecular weight excluding hydrogens is 388 g/mol. The van der Waals surface area contributed by atoms with Gasteiger partial charge in [0.2, 0.25) is 0 Å². The number of benzene rings is 1. The average molecular weight is 413 g/mol. The molecule has 6 heteroatoms. The predicted octanol–water partition coefficient (Wildman–Crippen LogP) is 4.45. The molecule has 1 fully saturated rings. The Morgan fingerprint density at radius 3 is 2.58 bits per heavy atom. The molecule has 1 heterocycles. The van der Waals surface area contributed by atoms with E-state index in [1.807, 2.05) is 26.8 Å². The van der Waals surface area contributed by atoms with Crippen LogP contribution in [0.3, 0.4) is 0 Å². The van der Waals surface area contributed by atoms with Crippen molar-refractivity contribution in [3.63, 3.8) is 0 Å². The molecule has 0 aromatic heterocycles. The second-order valence-corrected chi connectivity index (χ2v) is 10.5. The van der Waals surface area contributed by atoms with Gasteiger partial charge in [-0.1, -0.05) is 15.9 Å². The molecule has 2 aliphatic rings. The Kier molecular flexibility index (Phi) is 4.93. The molecule has 1 N–H and O–H groups in total. The minimum atomic E-state index is -1.28. The second kappa shape index (κ2) is 6.54. The van der Waals surface area contributed by atoms with Gasteiger partial charge >= 0.3 is 0 Å². The number of nitrogens with one attached hydrogen (secondary N) is 1. The Labute approximate surface area is 155 Å². The zero-order valence-electron chi connectivity index (χ0n) is 14.7. The summed E-state index contributed by atoms with van der Waals surface area (Å²) in [6.45, 7) is 5.89. The number of fused-ring (bicyclic) bond motifs is 1. The fourth-order valence-corrected chi connectivity index (χ4v) is 4.51. The Hall–Kier alpha value is -0.720. The Morgan fingerprint density at radius 2 is 2.00 bits per heavy atom. The summed E-state index contributed by atoms with van der Waals surface area (Å²) in [4.78, 5) is 0. The average Bonchev–Trinajstić information content (AvgIpc) is 2.81. The summed E-state index contributed by atoms with van der Waals surface area (Å²) < 4.78 is 23.6. The van der Waals surface area contributed by atoms with Crippen molar-refractivity contribution in [3.05, 3.63) is 28.2 Å². The quantitative estimate of drug-likeness (QED) is 0.779. The Balaban J connectivity index is 2.04. The lowest BCUT2D eigenvalue weighted by molar-refractivity contribution is 0.0629. The van der Waals surface area contributed by atoms with Crippen LogP contribution in [0, 0.1) is 0 Å². The maximum Gasteiger partial charge on any atom is 0.145 e. The molecule has 132 valence electrons. The Bertz CT molecular complexity index is 689. The molecule has 1 unspecified atom stereocenters. The van der Waals surface area contributed by atoms with Crippen LogP contribution in [0.25, 0.3) is 0 Å². The first-order valence-corrected chi connectivity index (χ1v) is 10.3. The lowest BCUT2D eigenvalue weighted by Crippen LogP contribution is -2.47. The normalized spacial score (nSPS) is 29.5. The number of halogens is 1. The fourth-order valence-electron chi connectivity index (χ4n) is 3.43. The van der Waals surface area contributed by atoms with E-state index in [2.05, 4.69) is 33.4 Å². The van der Waals surface area contributed by atoms with Crippen LogP contribution >= 0.6 is 15.9 Å². The second-order valence-electron chi connectivity index (χ2n) is 7.63. The van der Waals surface area contributed by atoms with Crippen LogP contribution in [-0.2, 0) is 15.7 Å². The zero-order chi connectivity index (χ0) is 17.5. The van der Waals surface area contributed by atoms with Crippen LogP contribution in [-0.4, -0.2) is 33.4 Å². The lowest BCUT2D eigenvalue weighted by atomic mass is 9.77. The summed E-state index contributed by atoms with van der Waals surface area (Å²) in [7, 11) is 0.500. The van der Waals surface area contributed by atoms with Crippen molar-refractivity contribution in [1.82, 2.24) is 0 Å². The topological polar surface area (TPSA) is 50.7 Å². The maximum atomic E-state index is 12.7. The van der Waals surface area contributed by atoms with Gasteiger partial charge in [0.15, 0.2) is 0 Å². The number of ether oxygens (including phenoxy) is 1. The van der Waals surface area contributed by atoms with E-state index in [1.165, 1.54) is 0 Å². The van der Waals surface area contributed by atoms with E-state index >= 15 is 0 Å². The molecule has 0 saturated heterocycles. The third-order valence-corrected chi connectivity index (χ3v) is 6.77. The molecule has 3 rings (SSSR count). The molecule has 4 nitrogen and oxygen atoms in total. The van der Waals surface area contributed by atoms with E-state index in [1.54, 1.807) is 7.11 Å². The third-order valence-electron chi connectivity index (χ3n) is 4.88. The first kappa shape index (κ1) is 18.1. The lowest BCUT2D eigenvalue weighted by Gasteiger charge is -2.37. The van der Waals surface area contributed by atoms with Gasteiger partial charge in [-0.25, -0.2) is 4.21 Å². The van der Waals surface area contributed by atoms with Gasteiger partial charge in [0.1, 0.15) is 11.0 Å². The monoisotopic (exact) mass is 412 g/mol. The third kappa shape index (κ3) is 3.33. The van der Waals surface area contributed by atoms with Gasteiger partial charge in [-0.3, -0.25) is 0 Å². The first-order valence-electron chi connectivity index (χ1n) is 8.37. The highest BCUT2D eigenvalue weighted by molar-refractivity contribution is 9.10. The zero-order valence-corrected chi connectivity index (χ0v) is 17.1. The van der Waals surface area contributed by atoms with Crippen LogP contribution in [0.1, 0.15) is 52.0 Å².